The highest BCUT2D eigenvalue weighted by Gasteiger charge is 2.30. The van der Waals surface area contributed by atoms with Crippen LogP contribution in [0.5, 0.6) is 0 Å². The van der Waals surface area contributed by atoms with E-state index in [1.165, 1.54) is 22.4 Å². The van der Waals surface area contributed by atoms with E-state index in [4.69, 9.17) is 5.73 Å². The molecule has 1 unspecified atom stereocenters. The average molecular weight is 462 g/mol. The highest BCUT2D eigenvalue weighted by atomic mass is 16.2. The van der Waals surface area contributed by atoms with Crippen molar-refractivity contribution in [2.24, 2.45) is 11.7 Å². The van der Waals surface area contributed by atoms with Crippen LogP contribution in [0.1, 0.15) is 58.1 Å². The van der Waals surface area contributed by atoms with Crippen LogP contribution in [-0.4, -0.2) is 42.5 Å². The van der Waals surface area contributed by atoms with Crippen molar-refractivity contribution in [1.29, 1.82) is 0 Å². The van der Waals surface area contributed by atoms with Crippen LogP contribution in [0.2, 0.25) is 0 Å². The number of benzene rings is 2. The summed E-state index contributed by atoms with van der Waals surface area (Å²) in [6.45, 7) is 11.0. The second kappa shape index (κ2) is 12.8. The summed E-state index contributed by atoms with van der Waals surface area (Å²) in [7, 11) is 0. The van der Waals surface area contributed by atoms with Gasteiger partial charge in [-0.3, -0.25) is 4.79 Å². The molecule has 0 spiro atoms. The van der Waals surface area contributed by atoms with E-state index in [2.05, 4.69) is 93.3 Å². The fourth-order valence-electron chi connectivity index (χ4n) is 4.79. The topological polar surface area (TPSA) is 49.6 Å². The van der Waals surface area contributed by atoms with Gasteiger partial charge in [0, 0.05) is 31.4 Å². The third-order valence-electron chi connectivity index (χ3n) is 6.70. The molecule has 0 bridgehead atoms. The predicted molar refractivity (Wildman–Crippen MR) is 144 cm³/mol. The minimum atomic E-state index is -0.395. The number of hydrogen-bond donors (Lipinski definition) is 1. The number of hydrogen-bond acceptors (Lipinski definition) is 3. The van der Waals surface area contributed by atoms with Gasteiger partial charge < -0.3 is 15.5 Å². The van der Waals surface area contributed by atoms with E-state index in [0.29, 0.717) is 12.0 Å². The molecule has 1 heterocycles. The van der Waals surface area contributed by atoms with E-state index in [-0.39, 0.29) is 5.91 Å². The molecule has 1 aliphatic rings. The lowest BCUT2D eigenvalue weighted by molar-refractivity contribution is -0.134. The first-order valence-electron chi connectivity index (χ1n) is 12.9. The molecule has 1 aliphatic heterocycles. The first kappa shape index (κ1) is 26.0. The van der Waals surface area contributed by atoms with Crippen LogP contribution in [-0.2, 0) is 17.6 Å². The van der Waals surface area contributed by atoms with Gasteiger partial charge in [0.2, 0.25) is 5.91 Å². The predicted octanol–water partition coefficient (Wildman–Crippen LogP) is 5.61. The Hall–Kier alpha value is -2.59. The van der Waals surface area contributed by atoms with Gasteiger partial charge in [0.05, 0.1) is 6.04 Å². The molecule has 1 saturated heterocycles. The Bertz CT molecular complexity index is 916. The largest absolute Gasteiger partial charge is 0.363 e. The number of rotatable bonds is 10. The number of aryl methyl sites for hydroxylation is 2. The first-order valence-corrected chi connectivity index (χ1v) is 12.9. The zero-order chi connectivity index (χ0) is 24.5. The van der Waals surface area contributed by atoms with Crippen molar-refractivity contribution >= 4 is 11.6 Å². The molecule has 4 nitrogen and oxygen atoms in total. The Morgan fingerprint density at radius 2 is 1.71 bits per heavy atom. The maximum absolute atomic E-state index is 13.0. The lowest BCUT2D eigenvalue weighted by Crippen LogP contribution is -2.54. The van der Waals surface area contributed by atoms with Crippen molar-refractivity contribution in [3.63, 3.8) is 0 Å². The molecule has 34 heavy (non-hydrogen) atoms. The minimum absolute atomic E-state index is 0.108. The third kappa shape index (κ3) is 7.73. The molecule has 0 radical (unpaired) electrons. The van der Waals surface area contributed by atoms with E-state index in [0.717, 1.165) is 51.7 Å². The quantitative estimate of drug-likeness (QED) is 0.468. The molecule has 184 valence electrons. The SMILES string of the molecule is CC(C)=CCN(c1ccc(CCc2ccccc2)cc1)[C@H]1CCCN(C(=O)C(N)CC(C)C)C1. The number of carbonyl (C=O) groups excluding carboxylic acids is 1. The molecule has 1 fully saturated rings. The van der Waals surface area contributed by atoms with Gasteiger partial charge in [0.1, 0.15) is 0 Å². The Labute approximate surface area is 206 Å². The third-order valence-corrected chi connectivity index (χ3v) is 6.70. The van der Waals surface area contributed by atoms with E-state index in [1.54, 1.807) is 0 Å². The van der Waals surface area contributed by atoms with Crippen molar-refractivity contribution in [2.45, 2.75) is 71.9 Å². The number of carbonyl (C=O) groups is 1. The summed E-state index contributed by atoms with van der Waals surface area (Å²) in [5, 5.41) is 0. The van der Waals surface area contributed by atoms with Crippen molar-refractivity contribution in [3.8, 4) is 0 Å². The molecule has 2 aromatic rings. The first-order chi connectivity index (χ1) is 16.3. The van der Waals surface area contributed by atoms with Crippen molar-refractivity contribution < 1.29 is 4.79 Å². The smallest absolute Gasteiger partial charge is 0.239 e. The van der Waals surface area contributed by atoms with Crippen molar-refractivity contribution in [2.75, 3.05) is 24.5 Å². The van der Waals surface area contributed by atoms with Crippen LogP contribution < -0.4 is 10.6 Å². The fourth-order valence-corrected chi connectivity index (χ4v) is 4.79. The lowest BCUT2D eigenvalue weighted by atomic mass is 9.99. The highest BCUT2D eigenvalue weighted by molar-refractivity contribution is 5.81. The van der Waals surface area contributed by atoms with Gasteiger partial charge in [-0.05, 0) is 75.1 Å². The summed E-state index contributed by atoms with van der Waals surface area (Å²) in [6, 6.07) is 19.6. The Balaban J connectivity index is 1.70. The number of nitrogens with zero attached hydrogens (tertiary/aromatic N) is 2. The van der Waals surface area contributed by atoms with Gasteiger partial charge in [-0.15, -0.1) is 0 Å². The zero-order valence-corrected chi connectivity index (χ0v) is 21.5. The number of anilines is 1. The van der Waals surface area contributed by atoms with Crippen molar-refractivity contribution in [1.82, 2.24) is 4.90 Å². The van der Waals surface area contributed by atoms with Gasteiger partial charge >= 0.3 is 0 Å². The number of nitrogens with two attached hydrogens (primary N) is 1. The van der Waals surface area contributed by atoms with Crippen LogP contribution in [0.15, 0.2) is 66.2 Å². The number of piperidine rings is 1. The maximum Gasteiger partial charge on any atom is 0.239 e. The molecule has 2 aromatic carbocycles. The molecule has 1 amide bonds. The van der Waals surface area contributed by atoms with Crippen molar-refractivity contribution in [3.05, 3.63) is 77.4 Å². The molecule has 2 atom stereocenters. The summed E-state index contributed by atoms with van der Waals surface area (Å²) in [5.41, 5.74) is 11.5. The second-order valence-corrected chi connectivity index (χ2v) is 10.4. The molecule has 0 aromatic heterocycles. The molecular weight excluding hydrogens is 418 g/mol. The van der Waals surface area contributed by atoms with Gasteiger partial charge in [-0.25, -0.2) is 0 Å². The fraction of sp³-hybridized carbons (Fsp3) is 0.500. The summed E-state index contributed by atoms with van der Waals surface area (Å²) in [6.07, 6.45) is 7.23. The standard InChI is InChI=1S/C30H43N3O/c1-23(2)18-20-33(28-11-8-19-32(22-28)30(34)29(31)21-24(3)4)27-16-14-26(15-17-27)13-12-25-9-6-5-7-10-25/h5-7,9-10,14-18,24,28-29H,8,11-13,19-22,31H2,1-4H3/t28-,29?/m0/s1. The monoisotopic (exact) mass is 461 g/mol. The lowest BCUT2D eigenvalue weighted by Gasteiger charge is -2.41. The summed E-state index contributed by atoms with van der Waals surface area (Å²) in [5.74, 6) is 0.533. The zero-order valence-electron chi connectivity index (χ0n) is 21.5. The van der Waals surface area contributed by atoms with E-state index >= 15 is 0 Å². The number of likely N-dealkylation sites (tertiary alicyclic amines) is 1. The van der Waals surface area contributed by atoms with Crippen LogP contribution in [0, 0.1) is 5.92 Å². The molecule has 0 aliphatic carbocycles. The van der Waals surface area contributed by atoms with Crippen LogP contribution in [0.3, 0.4) is 0 Å². The van der Waals surface area contributed by atoms with Crippen LogP contribution in [0.4, 0.5) is 5.69 Å². The highest BCUT2D eigenvalue weighted by Crippen LogP contribution is 2.25. The normalized spacial score (nSPS) is 16.9. The molecule has 2 N–H and O–H groups in total. The molecule has 3 rings (SSSR count). The van der Waals surface area contributed by atoms with E-state index in [1.807, 2.05) is 4.90 Å². The Morgan fingerprint density at radius 1 is 1.06 bits per heavy atom. The second-order valence-electron chi connectivity index (χ2n) is 10.4. The number of amides is 1. The summed E-state index contributed by atoms with van der Waals surface area (Å²) in [4.78, 5) is 17.5. The van der Waals surface area contributed by atoms with E-state index < -0.39 is 6.04 Å². The van der Waals surface area contributed by atoms with Crippen LogP contribution in [0.25, 0.3) is 0 Å². The van der Waals surface area contributed by atoms with E-state index in [9.17, 15) is 4.79 Å². The summed E-state index contributed by atoms with van der Waals surface area (Å²) < 4.78 is 0. The van der Waals surface area contributed by atoms with Gasteiger partial charge in [0.15, 0.2) is 0 Å². The average Bonchev–Trinajstić information content (AvgIpc) is 2.83. The minimum Gasteiger partial charge on any atom is -0.363 e. The Morgan fingerprint density at radius 3 is 2.32 bits per heavy atom. The van der Waals surface area contributed by atoms with Gasteiger partial charge in [-0.1, -0.05) is 68.0 Å². The molecule has 0 saturated carbocycles. The number of allylic oxidation sites excluding steroid dienone is 1. The van der Waals surface area contributed by atoms with Gasteiger partial charge in [-0.2, -0.15) is 0 Å². The molecular formula is C30H43N3O. The maximum atomic E-state index is 13.0. The van der Waals surface area contributed by atoms with Gasteiger partial charge in [0.25, 0.3) is 0 Å². The Kier molecular flexibility index (Phi) is 9.76. The summed E-state index contributed by atoms with van der Waals surface area (Å²) >= 11 is 0. The molecule has 4 heteroatoms. The van der Waals surface area contributed by atoms with Crippen LogP contribution >= 0.6 is 0 Å².